The van der Waals surface area contributed by atoms with Crippen LogP contribution in [-0.2, 0) is 20.6 Å². The zero-order valence-electron chi connectivity index (χ0n) is 23.0. The molecule has 7 nitrogen and oxygen atoms in total. The Labute approximate surface area is 205 Å². The van der Waals surface area contributed by atoms with Crippen LogP contribution in [0, 0.1) is 0 Å². The number of hydrogen-bond donors (Lipinski definition) is 0. The maximum atomic E-state index is 8.77. The van der Waals surface area contributed by atoms with Gasteiger partial charge in [0.2, 0.25) is 5.88 Å². The summed E-state index contributed by atoms with van der Waals surface area (Å²) in [6.45, 7) is 4.26. The summed E-state index contributed by atoms with van der Waals surface area (Å²) in [5.41, 5.74) is 0.600. The fourth-order valence-corrected chi connectivity index (χ4v) is 6.52. The monoisotopic (exact) mass is 477 g/mol. The van der Waals surface area contributed by atoms with Gasteiger partial charge in [-0.25, -0.2) is 9.97 Å². The average molecular weight is 478 g/mol. The van der Waals surface area contributed by atoms with Crippen molar-refractivity contribution in [3.63, 3.8) is 0 Å². The van der Waals surface area contributed by atoms with E-state index in [1.165, 1.54) is 17.7 Å². The molecule has 2 aromatic heterocycles. The minimum Gasteiger partial charge on any atom is -0.474 e. The van der Waals surface area contributed by atoms with Crippen LogP contribution >= 0.6 is 11.3 Å². The Bertz CT molecular complexity index is 1100. The van der Waals surface area contributed by atoms with Crippen LogP contribution in [-0.4, -0.2) is 72.8 Å². The molecule has 0 radical (unpaired) electrons. The van der Waals surface area contributed by atoms with E-state index in [0.717, 1.165) is 71.2 Å². The average Bonchev–Trinajstić information content (AvgIpc) is 3.37. The third-order valence-electron chi connectivity index (χ3n) is 7.27. The number of morpholine rings is 1. The van der Waals surface area contributed by atoms with Crippen molar-refractivity contribution in [2.45, 2.75) is 82.0 Å². The number of nitrogens with zero attached hydrogens (tertiary/aromatic N) is 3. The maximum absolute atomic E-state index is 8.77. The largest absolute Gasteiger partial charge is 0.474 e. The lowest BCUT2D eigenvalue weighted by Crippen LogP contribution is -2.46. The Hall–Kier alpha value is -1.32. The molecule has 6 rings (SSSR count). The Morgan fingerprint density at radius 2 is 1.97 bits per heavy atom. The molecule has 2 saturated heterocycles. The van der Waals surface area contributed by atoms with Crippen LogP contribution in [0.15, 0.2) is 6.33 Å². The Morgan fingerprint density at radius 3 is 2.79 bits per heavy atom. The molecule has 0 spiro atoms. The van der Waals surface area contributed by atoms with Crippen LogP contribution in [0.1, 0.15) is 73.2 Å². The van der Waals surface area contributed by atoms with E-state index in [0.29, 0.717) is 39.2 Å². The van der Waals surface area contributed by atoms with E-state index in [9.17, 15) is 0 Å². The minimum absolute atomic E-state index is 0.0196. The lowest BCUT2D eigenvalue weighted by Gasteiger charge is -2.38. The first-order chi connectivity index (χ1) is 17.9. The van der Waals surface area contributed by atoms with Crippen LogP contribution in [0.2, 0.25) is 0 Å². The third kappa shape index (κ3) is 4.78. The second-order valence-electron chi connectivity index (χ2n) is 9.35. The first kappa shape index (κ1) is 18.0. The van der Waals surface area contributed by atoms with Gasteiger partial charge in [0.1, 0.15) is 17.3 Å². The number of thiophene rings is 1. The van der Waals surface area contributed by atoms with Crippen molar-refractivity contribution in [1.82, 2.24) is 14.9 Å². The molecule has 2 aliphatic heterocycles. The molecule has 2 aliphatic carbocycles. The first-order valence-electron chi connectivity index (χ1n) is 14.4. The van der Waals surface area contributed by atoms with Crippen molar-refractivity contribution < 1.29 is 24.4 Å². The van der Waals surface area contributed by atoms with Crippen LogP contribution in [0.25, 0.3) is 10.2 Å². The minimum atomic E-state index is -2.16. The zero-order valence-corrected chi connectivity index (χ0v) is 19.8. The molecule has 2 atom stereocenters. The van der Waals surface area contributed by atoms with E-state index in [-0.39, 0.29) is 19.0 Å². The van der Waals surface area contributed by atoms with Gasteiger partial charge in [0, 0.05) is 42.0 Å². The number of ether oxygens (including phenoxy) is 4. The summed E-state index contributed by atoms with van der Waals surface area (Å²) in [6.07, 6.45) is 3.55. The van der Waals surface area contributed by atoms with Crippen molar-refractivity contribution in [1.29, 1.82) is 0 Å². The predicted molar refractivity (Wildman–Crippen MR) is 127 cm³/mol. The van der Waals surface area contributed by atoms with E-state index in [2.05, 4.69) is 14.9 Å². The molecule has 0 N–H and O–H groups in total. The van der Waals surface area contributed by atoms with E-state index in [1.807, 2.05) is 0 Å². The molecule has 1 unspecified atom stereocenters. The summed E-state index contributed by atoms with van der Waals surface area (Å²) in [6, 6.07) is 0.558. The molecule has 1 saturated carbocycles. The molecule has 3 fully saturated rings. The summed E-state index contributed by atoms with van der Waals surface area (Å²) < 4.78 is 58.6. The molecule has 33 heavy (non-hydrogen) atoms. The van der Waals surface area contributed by atoms with Crippen molar-refractivity contribution in [3.05, 3.63) is 16.8 Å². The van der Waals surface area contributed by atoms with Crippen molar-refractivity contribution in [2.24, 2.45) is 0 Å². The summed E-state index contributed by atoms with van der Waals surface area (Å²) in [5, 5.41) is 0.640. The number of aromatic nitrogens is 2. The summed E-state index contributed by atoms with van der Waals surface area (Å²) in [4.78, 5) is 12.4. The molecular weight excluding hydrogens is 438 g/mol. The van der Waals surface area contributed by atoms with Gasteiger partial charge < -0.3 is 18.9 Å². The quantitative estimate of drug-likeness (QED) is 0.615. The first-order valence-corrected chi connectivity index (χ1v) is 13.2. The van der Waals surface area contributed by atoms with E-state index < -0.39 is 18.7 Å². The van der Waals surface area contributed by atoms with Crippen LogP contribution in [0.5, 0.6) is 5.88 Å². The molecule has 0 bridgehead atoms. The fraction of sp³-hybridized carbons (Fsp3) is 0.760. The van der Waals surface area contributed by atoms with Gasteiger partial charge in [-0.15, -0.1) is 11.3 Å². The normalized spacial score (nSPS) is 35.9. The smallest absolute Gasteiger partial charge is 0.225 e. The number of hydrogen-bond acceptors (Lipinski definition) is 8. The molecule has 4 aliphatic rings. The van der Waals surface area contributed by atoms with Crippen molar-refractivity contribution >= 4 is 21.6 Å². The molecular formula is C25H35N3O4S. The van der Waals surface area contributed by atoms with Gasteiger partial charge in [-0.3, -0.25) is 4.90 Å². The molecule has 2 aromatic rings. The third-order valence-corrected chi connectivity index (χ3v) is 8.30. The van der Waals surface area contributed by atoms with Crippen LogP contribution in [0.3, 0.4) is 0 Å². The number of aryl methyl sites for hydroxylation is 1. The van der Waals surface area contributed by atoms with Crippen molar-refractivity contribution in [3.8, 4) is 5.88 Å². The second-order valence-corrected chi connectivity index (χ2v) is 10.4. The van der Waals surface area contributed by atoms with Gasteiger partial charge >= 0.3 is 0 Å². The fourth-order valence-electron chi connectivity index (χ4n) is 5.47. The molecule has 0 amide bonds. The highest BCUT2D eigenvalue weighted by Crippen LogP contribution is 2.46. The molecule has 8 heteroatoms. The maximum Gasteiger partial charge on any atom is 0.225 e. The standard InChI is InChI=1S/C25H35N3O4S/c1-2-12-30-21(3-1)31-15-17-4-9-20-22(17)23-24(26-16-27-25(23)33-20)32-19-7-5-18(6-8-19)28-10-13-29-14-11-28/h16-19,21H,1-15H2/t17-,18-,19-,21?/m1/s1/i4D2,9D2. The second kappa shape index (κ2) is 10.1. The summed E-state index contributed by atoms with van der Waals surface area (Å²) in [7, 11) is 0. The Balaban J connectivity index is 1.24. The summed E-state index contributed by atoms with van der Waals surface area (Å²) in [5.74, 6) is -0.369. The Morgan fingerprint density at radius 1 is 1.09 bits per heavy atom. The molecule has 180 valence electrons. The van der Waals surface area contributed by atoms with E-state index in [4.69, 9.17) is 24.4 Å². The highest BCUT2D eigenvalue weighted by Gasteiger charge is 2.33. The number of fused-ring (bicyclic) bond motifs is 3. The van der Waals surface area contributed by atoms with Gasteiger partial charge in [0.05, 0.1) is 25.2 Å². The van der Waals surface area contributed by atoms with Gasteiger partial charge in [0.15, 0.2) is 6.29 Å². The van der Waals surface area contributed by atoms with Crippen LogP contribution < -0.4 is 4.74 Å². The molecule has 4 heterocycles. The number of rotatable bonds is 6. The van der Waals surface area contributed by atoms with Gasteiger partial charge in [0.25, 0.3) is 0 Å². The highest BCUT2D eigenvalue weighted by atomic mass is 32.1. The summed E-state index contributed by atoms with van der Waals surface area (Å²) >= 11 is 1.20. The topological polar surface area (TPSA) is 65.9 Å². The van der Waals surface area contributed by atoms with E-state index >= 15 is 0 Å². The van der Waals surface area contributed by atoms with E-state index in [1.54, 1.807) is 0 Å². The molecule has 0 aromatic carbocycles. The lowest BCUT2D eigenvalue weighted by molar-refractivity contribution is -0.164. The lowest BCUT2D eigenvalue weighted by atomic mass is 9.91. The Kier molecular flexibility index (Phi) is 5.53. The van der Waals surface area contributed by atoms with Crippen molar-refractivity contribution in [2.75, 3.05) is 39.5 Å². The van der Waals surface area contributed by atoms with Gasteiger partial charge in [-0.05, 0) is 63.3 Å². The van der Waals surface area contributed by atoms with Gasteiger partial charge in [-0.2, -0.15) is 0 Å². The highest BCUT2D eigenvalue weighted by molar-refractivity contribution is 7.19. The zero-order chi connectivity index (χ0) is 25.6. The SMILES string of the molecule is [2H]C1([2H])c2sc3ncnc(O[C@H]4CC[C@H](N5CCOCC5)CC4)c3c2[C@@H](COC2CCCCO2)C1([2H])[2H]. The van der Waals surface area contributed by atoms with Crippen LogP contribution in [0.4, 0.5) is 0 Å². The predicted octanol–water partition coefficient (Wildman–Crippen LogP) is 4.29. The van der Waals surface area contributed by atoms with Gasteiger partial charge in [-0.1, -0.05) is 0 Å².